The summed E-state index contributed by atoms with van der Waals surface area (Å²) in [5.74, 6) is 0.503. The highest BCUT2D eigenvalue weighted by atomic mass is 35.5. The highest BCUT2D eigenvalue weighted by molar-refractivity contribution is 7.89. The van der Waals surface area contributed by atoms with E-state index in [4.69, 9.17) is 16.3 Å². The summed E-state index contributed by atoms with van der Waals surface area (Å²) >= 11 is 6.05. The van der Waals surface area contributed by atoms with Gasteiger partial charge in [-0.2, -0.15) is 0 Å². The summed E-state index contributed by atoms with van der Waals surface area (Å²) in [6, 6.07) is 11.5. The molecule has 0 aliphatic carbocycles. The van der Waals surface area contributed by atoms with Gasteiger partial charge in [-0.05, 0) is 69.5 Å². The van der Waals surface area contributed by atoms with Gasteiger partial charge in [-0.25, -0.2) is 13.1 Å². The number of benzene rings is 2. The largest absolute Gasteiger partial charge is 0.495 e. The molecule has 1 aliphatic rings. The molecule has 174 valence electrons. The summed E-state index contributed by atoms with van der Waals surface area (Å²) in [6.07, 6.45) is 1.80. The summed E-state index contributed by atoms with van der Waals surface area (Å²) < 4.78 is 33.2. The van der Waals surface area contributed by atoms with E-state index in [9.17, 15) is 13.2 Å². The second-order valence-corrected chi connectivity index (χ2v) is 10.4. The van der Waals surface area contributed by atoms with E-state index in [2.05, 4.69) is 14.9 Å². The molecule has 2 atom stereocenters. The van der Waals surface area contributed by atoms with E-state index < -0.39 is 10.0 Å². The Morgan fingerprint density at radius 2 is 1.97 bits per heavy atom. The number of nitrogens with zero attached hydrogens (tertiary/aromatic N) is 1. The molecule has 1 amide bonds. The van der Waals surface area contributed by atoms with E-state index >= 15 is 0 Å². The molecule has 2 aromatic carbocycles. The van der Waals surface area contributed by atoms with Crippen molar-refractivity contribution >= 4 is 33.2 Å². The van der Waals surface area contributed by atoms with Crippen molar-refractivity contribution in [2.24, 2.45) is 5.92 Å². The molecular formula is C23H30ClN3O4S. The van der Waals surface area contributed by atoms with Crippen molar-refractivity contribution in [1.82, 2.24) is 9.62 Å². The number of hydrogen-bond acceptors (Lipinski definition) is 5. The number of anilines is 1. The van der Waals surface area contributed by atoms with Crippen molar-refractivity contribution in [3.05, 3.63) is 53.1 Å². The minimum Gasteiger partial charge on any atom is -0.495 e. The lowest BCUT2D eigenvalue weighted by molar-refractivity contribution is -0.121. The molecule has 7 nitrogen and oxygen atoms in total. The van der Waals surface area contributed by atoms with Gasteiger partial charge in [-0.1, -0.05) is 29.3 Å². The van der Waals surface area contributed by atoms with Crippen LogP contribution >= 0.6 is 11.6 Å². The number of halogens is 1. The number of ether oxygens (including phenoxy) is 1. The topological polar surface area (TPSA) is 87.7 Å². The van der Waals surface area contributed by atoms with Crippen LogP contribution in [0.15, 0.2) is 47.4 Å². The zero-order valence-corrected chi connectivity index (χ0v) is 20.2. The lowest BCUT2D eigenvalue weighted by atomic mass is 9.97. The first-order chi connectivity index (χ1) is 15.2. The summed E-state index contributed by atoms with van der Waals surface area (Å²) in [6.45, 7) is 5.52. The van der Waals surface area contributed by atoms with E-state index in [1.807, 2.05) is 13.8 Å². The standard InChI is InChI=1S/C23H30ClN3O4S/c1-16-6-9-20(10-7-16)32(29,30)25-14-18-5-4-12-27(15-18)17(2)23(28)26-21-13-19(24)8-11-22(21)31-3/h6-11,13,17-18,25H,4-5,12,14-15H2,1-3H3,(H,26,28). The van der Waals surface area contributed by atoms with Gasteiger partial charge in [0.05, 0.1) is 23.7 Å². The second kappa shape index (κ2) is 10.7. The van der Waals surface area contributed by atoms with Crippen LogP contribution in [0, 0.1) is 12.8 Å². The van der Waals surface area contributed by atoms with Gasteiger partial charge in [0, 0.05) is 18.1 Å². The predicted molar refractivity (Wildman–Crippen MR) is 127 cm³/mol. The Kier molecular flexibility index (Phi) is 8.16. The van der Waals surface area contributed by atoms with Crippen molar-refractivity contribution in [2.45, 2.75) is 37.6 Å². The van der Waals surface area contributed by atoms with Gasteiger partial charge < -0.3 is 10.1 Å². The third-order valence-electron chi connectivity index (χ3n) is 5.79. The number of rotatable bonds is 8. The van der Waals surface area contributed by atoms with E-state index in [1.54, 1.807) is 42.5 Å². The van der Waals surface area contributed by atoms with Crippen LogP contribution in [0.1, 0.15) is 25.3 Å². The zero-order chi connectivity index (χ0) is 23.3. The Morgan fingerprint density at radius 1 is 1.25 bits per heavy atom. The first kappa shape index (κ1) is 24.5. The van der Waals surface area contributed by atoms with Crippen LogP contribution < -0.4 is 14.8 Å². The van der Waals surface area contributed by atoms with E-state index in [0.717, 1.165) is 24.9 Å². The number of methoxy groups -OCH3 is 1. The maximum Gasteiger partial charge on any atom is 0.241 e. The van der Waals surface area contributed by atoms with Crippen LogP contribution in [0.25, 0.3) is 0 Å². The van der Waals surface area contributed by atoms with Gasteiger partial charge in [0.15, 0.2) is 0 Å². The highest BCUT2D eigenvalue weighted by Gasteiger charge is 2.28. The maximum atomic E-state index is 12.9. The van der Waals surface area contributed by atoms with E-state index in [-0.39, 0.29) is 22.8 Å². The SMILES string of the molecule is COc1ccc(Cl)cc1NC(=O)C(C)N1CCCC(CNS(=O)(=O)c2ccc(C)cc2)C1. The second-order valence-electron chi connectivity index (χ2n) is 8.18. The fourth-order valence-corrected chi connectivity index (χ4v) is 5.11. The Morgan fingerprint density at radius 3 is 2.66 bits per heavy atom. The maximum absolute atomic E-state index is 12.9. The van der Waals surface area contributed by atoms with Crippen molar-refractivity contribution < 1.29 is 17.9 Å². The van der Waals surface area contributed by atoms with Gasteiger partial charge in [-0.3, -0.25) is 9.69 Å². The third kappa shape index (κ3) is 6.22. The number of likely N-dealkylation sites (tertiary alicyclic amines) is 1. The summed E-state index contributed by atoms with van der Waals surface area (Å²) in [5, 5.41) is 3.40. The molecule has 0 radical (unpaired) electrons. The molecule has 2 unspecified atom stereocenters. The third-order valence-corrected chi connectivity index (χ3v) is 7.46. The van der Waals surface area contributed by atoms with Crippen LogP contribution in [0.5, 0.6) is 5.75 Å². The van der Waals surface area contributed by atoms with Crippen LogP contribution in [-0.2, 0) is 14.8 Å². The fraction of sp³-hybridized carbons (Fsp3) is 0.435. The number of amides is 1. The van der Waals surface area contributed by atoms with Crippen molar-refractivity contribution in [1.29, 1.82) is 0 Å². The summed E-state index contributed by atoms with van der Waals surface area (Å²) in [7, 11) is -2.02. The molecule has 3 rings (SSSR count). The van der Waals surface area contributed by atoms with Crippen LogP contribution in [0.3, 0.4) is 0 Å². The number of sulfonamides is 1. The lowest BCUT2D eigenvalue weighted by Gasteiger charge is -2.36. The minimum atomic E-state index is -3.56. The van der Waals surface area contributed by atoms with Crippen LogP contribution in [0.2, 0.25) is 5.02 Å². The molecule has 1 aliphatic heterocycles. The summed E-state index contributed by atoms with van der Waals surface area (Å²) in [4.78, 5) is 15.2. The fourth-order valence-electron chi connectivity index (χ4n) is 3.82. The quantitative estimate of drug-likeness (QED) is 0.603. The van der Waals surface area contributed by atoms with Crippen LogP contribution in [-0.4, -0.2) is 52.0 Å². The number of piperidine rings is 1. The number of carbonyl (C=O) groups excluding carboxylic acids is 1. The highest BCUT2D eigenvalue weighted by Crippen LogP contribution is 2.28. The Balaban J connectivity index is 1.58. The van der Waals surface area contributed by atoms with Gasteiger partial charge in [-0.15, -0.1) is 0 Å². The predicted octanol–water partition coefficient (Wildman–Crippen LogP) is 3.67. The van der Waals surface area contributed by atoms with Crippen molar-refractivity contribution in [3.8, 4) is 5.75 Å². The molecule has 0 bridgehead atoms. The average molecular weight is 480 g/mol. The molecule has 1 saturated heterocycles. The monoisotopic (exact) mass is 479 g/mol. The van der Waals surface area contributed by atoms with Crippen molar-refractivity contribution in [3.63, 3.8) is 0 Å². The first-order valence-corrected chi connectivity index (χ1v) is 12.5. The molecule has 9 heteroatoms. The number of nitrogens with one attached hydrogen (secondary N) is 2. The summed E-state index contributed by atoms with van der Waals surface area (Å²) in [5.41, 5.74) is 1.53. The van der Waals surface area contributed by atoms with Crippen LogP contribution in [0.4, 0.5) is 5.69 Å². The molecule has 0 spiro atoms. The smallest absolute Gasteiger partial charge is 0.241 e. The Bertz CT molecular complexity index is 1040. The first-order valence-electron chi connectivity index (χ1n) is 10.6. The van der Waals surface area contributed by atoms with Gasteiger partial charge in [0.1, 0.15) is 5.75 Å². The molecule has 32 heavy (non-hydrogen) atoms. The normalized spacial score (nSPS) is 18.2. The number of carbonyl (C=O) groups is 1. The minimum absolute atomic E-state index is 0.125. The molecule has 0 aromatic heterocycles. The number of aryl methyl sites for hydroxylation is 1. The van der Waals surface area contributed by atoms with Gasteiger partial charge in [0.2, 0.25) is 15.9 Å². The number of hydrogen-bond donors (Lipinski definition) is 2. The molecule has 2 aromatic rings. The average Bonchev–Trinajstić information content (AvgIpc) is 2.78. The van der Waals surface area contributed by atoms with Crippen molar-refractivity contribution in [2.75, 3.05) is 32.1 Å². The van der Waals surface area contributed by atoms with Gasteiger partial charge >= 0.3 is 0 Å². The zero-order valence-electron chi connectivity index (χ0n) is 18.6. The Labute approximate surface area is 195 Å². The van der Waals surface area contributed by atoms with E-state index in [1.165, 1.54) is 7.11 Å². The molecule has 0 saturated carbocycles. The molecule has 1 heterocycles. The van der Waals surface area contributed by atoms with Gasteiger partial charge in [0.25, 0.3) is 0 Å². The molecule has 2 N–H and O–H groups in total. The Hall–Kier alpha value is -2.13. The molecular weight excluding hydrogens is 450 g/mol. The van der Waals surface area contributed by atoms with E-state index in [0.29, 0.717) is 29.5 Å². The molecule has 1 fully saturated rings. The lowest BCUT2D eigenvalue weighted by Crippen LogP contribution is -2.49.